The van der Waals surface area contributed by atoms with Gasteiger partial charge in [-0.2, -0.15) is 0 Å². The van der Waals surface area contributed by atoms with E-state index in [-0.39, 0.29) is 5.41 Å². The zero-order valence-corrected chi connectivity index (χ0v) is 31.8. The summed E-state index contributed by atoms with van der Waals surface area (Å²) in [6, 6.07) is 49.2. The van der Waals surface area contributed by atoms with Gasteiger partial charge in [-0.1, -0.05) is 129 Å². The molecular weight excluding hydrogens is 651 g/mol. The van der Waals surface area contributed by atoms with Gasteiger partial charge in [0.25, 0.3) is 0 Å². The maximum Gasteiger partial charge on any atom is 0.105 e. The maximum absolute atomic E-state index is 3.59. The standard InChI is InChI=1S/C47H39N.C6H6/c1-28-13-21-43-40(23-28)41-26-33(39(30-14-15-30)25-31-10-6-5-9-29(31)2)17-22-44(41)48(43)35-18-20-37-38-19-16-34-24-32-11-7-8-12-36(32)45(34)46(38)47(3,4)42(37)27-35;1-2-4-6-5-3-1/h5-6,8-10,12,16-20,22-23,25-27,30H,7,11,14-15,24H2,1-4H3;1-6H/b39-25+;. The summed E-state index contributed by atoms with van der Waals surface area (Å²) in [5.41, 5.74) is 21.8. The summed E-state index contributed by atoms with van der Waals surface area (Å²) in [4.78, 5) is 0. The SMILES string of the molecule is Cc1c#cc2c(c1)c1cc(/C(=C/c3ccccc3C)C3CC3)ccc1n2-c1ccc2c(c1)C(C)(C)c1c-2ccc2c1C1=C(CCC=C1)C2.c1ccccc1. The smallest absolute Gasteiger partial charge is 0.105 e. The van der Waals surface area contributed by atoms with Gasteiger partial charge in [-0.15, -0.1) is 0 Å². The van der Waals surface area contributed by atoms with Gasteiger partial charge in [0.15, 0.2) is 0 Å². The minimum Gasteiger partial charge on any atom is -0.302 e. The maximum atomic E-state index is 3.59. The van der Waals surface area contributed by atoms with Crippen LogP contribution in [0.3, 0.4) is 0 Å². The number of nitrogens with zero attached hydrogens (tertiary/aromatic N) is 1. The number of aryl methyl sites for hydroxylation is 2. The predicted molar refractivity (Wildman–Crippen MR) is 228 cm³/mol. The van der Waals surface area contributed by atoms with Crippen LogP contribution in [0.5, 0.6) is 0 Å². The lowest BCUT2D eigenvalue weighted by molar-refractivity contribution is 0.657. The molecule has 0 saturated heterocycles. The molecule has 0 aliphatic heterocycles. The Morgan fingerprint density at radius 2 is 1.56 bits per heavy atom. The van der Waals surface area contributed by atoms with Crippen LogP contribution in [0.25, 0.3) is 55.8 Å². The highest BCUT2D eigenvalue weighted by Crippen LogP contribution is 2.55. The fourth-order valence-corrected chi connectivity index (χ4v) is 9.49. The van der Waals surface area contributed by atoms with Crippen molar-refractivity contribution < 1.29 is 0 Å². The van der Waals surface area contributed by atoms with Crippen LogP contribution in [0.15, 0.2) is 133 Å². The van der Waals surface area contributed by atoms with Crippen molar-refractivity contribution in [3.63, 3.8) is 0 Å². The lowest BCUT2D eigenvalue weighted by Crippen LogP contribution is -2.17. The van der Waals surface area contributed by atoms with Gasteiger partial charge < -0.3 is 4.57 Å². The molecule has 1 nitrogen and oxygen atoms in total. The minimum absolute atomic E-state index is 0.0996. The van der Waals surface area contributed by atoms with E-state index in [0.717, 1.165) is 17.5 Å². The predicted octanol–water partition coefficient (Wildman–Crippen LogP) is 13.6. The molecule has 0 unspecified atom stereocenters. The van der Waals surface area contributed by atoms with Gasteiger partial charge in [0.1, 0.15) is 5.52 Å². The van der Waals surface area contributed by atoms with Crippen LogP contribution in [0.4, 0.5) is 0 Å². The zero-order chi connectivity index (χ0) is 36.6. The summed E-state index contributed by atoms with van der Waals surface area (Å²) in [5.74, 6) is 0.634. The second kappa shape index (κ2) is 12.6. The van der Waals surface area contributed by atoms with Gasteiger partial charge >= 0.3 is 0 Å². The molecule has 1 saturated carbocycles. The van der Waals surface area contributed by atoms with Crippen LogP contribution in [-0.2, 0) is 11.8 Å². The first-order valence-electron chi connectivity index (χ1n) is 19.7. The van der Waals surface area contributed by atoms with Crippen molar-refractivity contribution in [3.8, 4) is 16.8 Å². The highest BCUT2D eigenvalue weighted by molar-refractivity contribution is 6.10. The molecule has 7 aromatic rings. The first-order valence-corrected chi connectivity index (χ1v) is 19.7. The Hall–Kier alpha value is -5.84. The van der Waals surface area contributed by atoms with Crippen molar-refractivity contribution in [1.29, 1.82) is 0 Å². The third kappa shape index (κ3) is 5.31. The van der Waals surface area contributed by atoms with Crippen LogP contribution in [0.1, 0.15) is 84.0 Å². The number of allylic oxidation sites excluding steroid dienone is 5. The molecule has 4 aliphatic rings. The number of benzene rings is 5. The van der Waals surface area contributed by atoms with Gasteiger partial charge in [0.05, 0.1) is 5.52 Å². The van der Waals surface area contributed by atoms with Crippen molar-refractivity contribution in [2.75, 3.05) is 0 Å². The Morgan fingerprint density at radius 3 is 2.33 bits per heavy atom. The Balaban J connectivity index is 0.000000551. The van der Waals surface area contributed by atoms with E-state index in [0.29, 0.717) is 5.92 Å². The normalized spacial score (nSPS) is 16.4. The summed E-state index contributed by atoms with van der Waals surface area (Å²) in [7, 11) is 0. The molecule has 0 amide bonds. The molecule has 6 aromatic carbocycles. The minimum atomic E-state index is -0.0996. The Kier molecular flexibility index (Phi) is 7.67. The molecule has 1 heteroatoms. The van der Waals surface area contributed by atoms with Gasteiger partial charge in [-0.3, -0.25) is 0 Å². The molecule has 0 radical (unpaired) electrons. The lowest BCUT2D eigenvalue weighted by Gasteiger charge is -2.25. The second-order valence-electron chi connectivity index (χ2n) is 16.3. The number of fused-ring (bicyclic) bond motifs is 9. The molecule has 1 fully saturated rings. The summed E-state index contributed by atoms with van der Waals surface area (Å²) >= 11 is 0. The summed E-state index contributed by atoms with van der Waals surface area (Å²) in [6.07, 6.45) is 13.2. The van der Waals surface area contributed by atoms with Crippen LogP contribution >= 0.6 is 0 Å². The number of hydrogen-bond acceptors (Lipinski definition) is 0. The molecule has 262 valence electrons. The molecule has 0 atom stereocenters. The van der Waals surface area contributed by atoms with Crippen LogP contribution in [0, 0.1) is 31.9 Å². The van der Waals surface area contributed by atoms with E-state index in [1.54, 1.807) is 5.57 Å². The topological polar surface area (TPSA) is 4.93 Å². The van der Waals surface area contributed by atoms with Gasteiger partial charge in [0.2, 0.25) is 0 Å². The molecule has 0 N–H and O–H groups in total. The van der Waals surface area contributed by atoms with E-state index in [4.69, 9.17) is 0 Å². The van der Waals surface area contributed by atoms with Crippen molar-refractivity contribution >= 4 is 39.0 Å². The quantitative estimate of drug-likeness (QED) is 0.162. The summed E-state index contributed by atoms with van der Waals surface area (Å²) in [5, 5.41) is 2.54. The largest absolute Gasteiger partial charge is 0.302 e. The molecule has 54 heavy (non-hydrogen) atoms. The lowest BCUT2D eigenvalue weighted by atomic mass is 9.78. The molecule has 0 spiro atoms. The van der Waals surface area contributed by atoms with Crippen molar-refractivity contribution in [1.82, 2.24) is 4.57 Å². The number of rotatable bonds is 4. The van der Waals surface area contributed by atoms with E-state index < -0.39 is 0 Å². The average Bonchev–Trinajstić information content (AvgIpc) is 3.84. The third-order valence-corrected chi connectivity index (χ3v) is 12.4. The number of aromatic nitrogens is 1. The van der Waals surface area contributed by atoms with Crippen LogP contribution in [-0.4, -0.2) is 4.57 Å². The molecular formula is C53H45N. The van der Waals surface area contributed by atoms with E-state index >= 15 is 0 Å². The molecule has 11 rings (SSSR count). The Labute approximate surface area is 320 Å². The third-order valence-electron chi connectivity index (χ3n) is 12.4. The fourth-order valence-electron chi connectivity index (χ4n) is 9.49. The monoisotopic (exact) mass is 695 g/mol. The van der Waals surface area contributed by atoms with Crippen molar-refractivity contribution in [3.05, 3.63) is 190 Å². The fraction of sp³-hybridized carbons (Fsp3) is 0.208. The Morgan fingerprint density at radius 1 is 0.778 bits per heavy atom. The summed E-state index contributed by atoms with van der Waals surface area (Å²) < 4.78 is 2.43. The van der Waals surface area contributed by atoms with E-state index in [2.05, 4.69) is 141 Å². The Bertz CT molecular complexity index is 2700. The van der Waals surface area contributed by atoms with Gasteiger partial charge in [0, 0.05) is 27.4 Å². The van der Waals surface area contributed by atoms with Gasteiger partial charge in [-0.25, -0.2) is 0 Å². The zero-order valence-electron chi connectivity index (χ0n) is 31.8. The highest BCUT2D eigenvalue weighted by Gasteiger charge is 2.41. The first-order chi connectivity index (χ1) is 26.4. The van der Waals surface area contributed by atoms with E-state index in [1.165, 1.54) is 109 Å². The van der Waals surface area contributed by atoms with Crippen molar-refractivity contribution in [2.24, 2.45) is 5.92 Å². The van der Waals surface area contributed by atoms with E-state index in [1.807, 2.05) is 36.4 Å². The average molecular weight is 696 g/mol. The highest BCUT2D eigenvalue weighted by atomic mass is 15.0. The van der Waals surface area contributed by atoms with Gasteiger partial charge in [-0.05, 0) is 149 Å². The molecule has 1 heterocycles. The van der Waals surface area contributed by atoms with Crippen molar-refractivity contribution in [2.45, 2.75) is 65.2 Å². The summed E-state index contributed by atoms with van der Waals surface area (Å²) in [6.45, 7) is 9.23. The van der Waals surface area contributed by atoms with Crippen LogP contribution < -0.4 is 0 Å². The molecule has 1 aromatic heterocycles. The number of hydrogen-bond donors (Lipinski definition) is 0. The van der Waals surface area contributed by atoms with E-state index in [9.17, 15) is 0 Å². The molecule has 0 bridgehead atoms. The second-order valence-corrected chi connectivity index (χ2v) is 16.3. The molecule has 4 aliphatic carbocycles. The first kappa shape index (κ1) is 32.8. The van der Waals surface area contributed by atoms with Crippen LogP contribution in [0.2, 0.25) is 0 Å².